The van der Waals surface area contributed by atoms with Crippen molar-refractivity contribution in [2.45, 2.75) is 92.4 Å². The van der Waals surface area contributed by atoms with Gasteiger partial charge in [0.25, 0.3) is 0 Å². The predicted molar refractivity (Wildman–Crippen MR) is 196 cm³/mol. The lowest BCUT2D eigenvalue weighted by Crippen LogP contribution is -2.51. The molecule has 2 aromatic heterocycles. The van der Waals surface area contributed by atoms with Crippen molar-refractivity contribution < 1.29 is 28.7 Å². The maximum Gasteiger partial charge on any atom is 0.407 e. The molecule has 52 heavy (non-hydrogen) atoms. The Bertz CT molecular complexity index is 1630. The van der Waals surface area contributed by atoms with Gasteiger partial charge in [0.1, 0.15) is 23.7 Å². The molecule has 0 aliphatic carbocycles. The van der Waals surface area contributed by atoms with Crippen molar-refractivity contribution in [2.24, 2.45) is 22.7 Å². The van der Waals surface area contributed by atoms with Gasteiger partial charge >= 0.3 is 12.2 Å². The molecule has 2 aliphatic heterocycles. The van der Waals surface area contributed by atoms with Gasteiger partial charge in [-0.2, -0.15) is 0 Å². The molecular weight excluding hydrogens is 664 g/mol. The van der Waals surface area contributed by atoms with Gasteiger partial charge in [-0.1, -0.05) is 79.7 Å². The van der Waals surface area contributed by atoms with Crippen molar-refractivity contribution in [1.82, 2.24) is 40.4 Å². The molecule has 14 nitrogen and oxygen atoms in total. The molecule has 4 amide bonds. The number of carbonyl (C=O) groups is 4. The van der Waals surface area contributed by atoms with Gasteiger partial charge < -0.3 is 39.9 Å². The van der Waals surface area contributed by atoms with Crippen molar-refractivity contribution in [3.8, 4) is 22.5 Å². The molecule has 0 bridgehead atoms. The van der Waals surface area contributed by atoms with Crippen LogP contribution in [0.5, 0.6) is 0 Å². The topological polar surface area (TPSA) is 175 Å². The average Bonchev–Trinajstić information content (AvgIpc) is 3.90. The van der Waals surface area contributed by atoms with E-state index in [4.69, 9.17) is 19.4 Å². The SMILES string of the molecule is COC(=O)N[C@H](C(=O)N1CC(C)(C)C[C@H]1c1ncc(-c2ccc(-c3cnc([C@@H]4CC(C)(C)CN4C(=O)[C@@H](NC(=O)OC)C(C)C)[nH]3)cc2)[nH]1)C(C)C. The molecule has 4 atom stereocenters. The van der Waals surface area contributed by atoms with E-state index < -0.39 is 24.3 Å². The van der Waals surface area contributed by atoms with E-state index in [2.05, 4.69) is 48.3 Å². The number of aromatic nitrogens is 4. The molecule has 0 spiro atoms. The number of hydrogen-bond donors (Lipinski definition) is 4. The number of amides is 4. The van der Waals surface area contributed by atoms with Gasteiger partial charge in [0, 0.05) is 13.1 Å². The molecule has 5 rings (SSSR count). The number of H-pyrrole nitrogens is 2. The first-order chi connectivity index (χ1) is 24.4. The van der Waals surface area contributed by atoms with E-state index in [0.29, 0.717) is 24.7 Å². The molecule has 2 fully saturated rings. The second-order valence-corrected chi connectivity index (χ2v) is 16.4. The third-order valence-electron chi connectivity index (χ3n) is 10.1. The predicted octanol–water partition coefficient (Wildman–Crippen LogP) is 5.83. The van der Waals surface area contributed by atoms with Crippen LogP contribution in [0.4, 0.5) is 9.59 Å². The van der Waals surface area contributed by atoms with Crippen LogP contribution in [-0.2, 0) is 19.1 Å². The summed E-state index contributed by atoms with van der Waals surface area (Å²) in [5.74, 6) is 0.791. The van der Waals surface area contributed by atoms with Crippen molar-refractivity contribution in [3.63, 3.8) is 0 Å². The molecule has 1 aromatic carbocycles. The lowest BCUT2D eigenvalue weighted by molar-refractivity contribution is -0.136. The average molecular weight is 719 g/mol. The van der Waals surface area contributed by atoms with Crippen LogP contribution in [0.3, 0.4) is 0 Å². The number of imidazole rings is 2. The number of aromatic amines is 2. The van der Waals surface area contributed by atoms with Crippen LogP contribution >= 0.6 is 0 Å². The molecule has 0 unspecified atom stereocenters. The Labute approximate surface area is 305 Å². The molecule has 2 aliphatic rings. The van der Waals surface area contributed by atoms with Gasteiger partial charge in [-0.15, -0.1) is 0 Å². The summed E-state index contributed by atoms with van der Waals surface area (Å²) in [6, 6.07) is 6.01. The van der Waals surface area contributed by atoms with Crippen LogP contribution in [0.2, 0.25) is 0 Å². The number of likely N-dealkylation sites (tertiary alicyclic amines) is 2. The molecule has 2 saturated heterocycles. The second kappa shape index (κ2) is 15.0. The van der Waals surface area contributed by atoms with Crippen LogP contribution in [-0.4, -0.2) is 93.1 Å². The first-order valence-corrected chi connectivity index (χ1v) is 17.9. The van der Waals surface area contributed by atoms with Crippen LogP contribution in [0.25, 0.3) is 22.5 Å². The van der Waals surface area contributed by atoms with E-state index in [1.54, 1.807) is 12.4 Å². The lowest BCUT2D eigenvalue weighted by atomic mass is 9.90. The molecule has 4 N–H and O–H groups in total. The second-order valence-electron chi connectivity index (χ2n) is 16.4. The number of nitrogens with one attached hydrogen (secondary N) is 4. The summed E-state index contributed by atoms with van der Waals surface area (Å²) < 4.78 is 9.57. The molecular formula is C38H54N8O6. The zero-order chi connectivity index (χ0) is 38.1. The first-order valence-electron chi connectivity index (χ1n) is 17.9. The molecule has 3 aromatic rings. The maximum atomic E-state index is 13.8. The Balaban J connectivity index is 1.33. The first kappa shape index (κ1) is 38.4. The van der Waals surface area contributed by atoms with Crippen molar-refractivity contribution in [2.75, 3.05) is 27.3 Å². The number of nitrogens with zero attached hydrogens (tertiary/aromatic N) is 4. The highest BCUT2D eigenvalue weighted by atomic mass is 16.5. The van der Waals surface area contributed by atoms with Gasteiger partial charge in [-0.3, -0.25) is 9.59 Å². The number of rotatable bonds is 10. The summed E-state index contributed by atoms with van der Waals surface area (Å²) in [7, 11) is 2.57. The number of carbonyl (C=O) groups excluding carboxylic acids is 4. The van der Waals surface area contributed by atoms with E-state index in [9.17, 15) is 19.2 Å². The normalized spacial score (nSPS) is 20.5. The monoisotopic (exact) mass is 718 g/mol. The largest absolute Gasteiger partial charge is 0.453 e. The lowest BCUT2D eigenvalue weighted by Gasteiger charge is -2.30. The standard InChI is InChI=1S/C38H54N8O6/c1-21(2)29(43-35(49)51-9)33(47)45-19-37(5,6)15-27(45)31-39-17-25(41-31)23-11-13-24(14-12-23)26-18-40-32(42-26)28-16-38(7,8)20-46(28)34(48)30(22(3)4)44-36(50)52-10/h11-14,17-18,21-22,27-30H,15-16,19-20H2,1-10H3,(H,39,41)(H,40,42)(H,43,49)(H,44,50)/t27-,28-,29-,30-/m0/s1. The van der Waals surface area contributed by atoms with Crippen molar-refractivity contribution >= 4 is 24.0 Å². The molecule has 4 heterocycles. The van der Waals surface area contributed by atoms with Crippen LogP contribution < -0.4 is 10.6 Å². The summed E-state index contributed by atoms with van der Waals surface area (Å²) in [6.45, 7) is 17.2. The Morgan fingerprint density at radius 1 is 0.692 bits per heavy atom. The fraction of sp³-hybridized carbons (Fsp3) is 0.579. The number of ether oxygens (including phenoxy) is 2. The van der Waals surface area contributed by atoms with Gasteiger partial charge in [-0.05, 0) is 46.6 Å². The Morgan fingerprint density at radius 2 is 1.04 bits per heavy atom. The third kappa shape index (κ3) is 8.26. The number of alkyl carbamates (subject to hydrolysis) is 2. The van der Waals surface area contributed by atoms with E-state index in [0.717, 1.165) is 35.4 Å². The van der Waals surface area contributed by atoms with E-state index in [-0.39, 0.29) is 46.6 Å². The zero-order valence-corrected chi connectivity index (χ0v) is 32.0. The fourth-order valence-electron chi connectivity index (χ4n) is 7.38. The highest BCUT2D eigenvalue weighted by Gasteiger charge is 2.46. The van der Waals surface area contributed by atoms with Gasteiger partial charge in [0.2, 0.25) is 11.8 Å². The van der Waals surface area contributed by atoms with Crippen LogP contribution in [0.1, 0.15) is 92.0 Å². The number of methoxy groups -OCH3 is 2. The summed E-state index contributed by atoms with van der Waals surface area (Å²) in [5.41, 5.74) is 3.21. The van der Waals surface area contributed by atoms with E-state index in [1.807, 2.05) is 61.8 Å². The zero-order valence-electron chi connectivity index (χ0n) is 32.0. The van der Waals surface area contributed by atoms with Gasteiger partial charge in [0.05, 0.1) is 50.1 Å². The van der Waals surface area contributed by atoms with E-state index in [1.165, 1.54) is 14.2 Å². The van der Waals surface area contributed by atoms with Gasteiger partial charge in [0.15, 0.2) is 0 Å². The van der Waals surface area contributed by atoms with Crippen LogP contribution in [0, 0.1) is 22.7 Å². The van der Waals surface area contributed by atoms with Crippen molar-refractivity contribution in [3.05, 3.63) is 48.3 Å². The fourth-order valence-corrected chi connectivity index (χ4v) is 7.38. The van der Waals surface area contributed by atoms with Gasteiger partial charge in [-0.25, -0.2) is 19.6 Å². The maximum absolute atomic E-state index is 13.8. The highest BCUT2D eigenvalue weighted by Crippen LogP contribution is 2.44. The molecule has 282 valence electrons. The molecule has 14 heteroatoms. The molecule has 0 radical (unpaired) electrons. The minimum atomic E-state index is -0.724. The Morgan fingerprint density at radius 3 is 1.35 bits per heavy atom. The minimum Gasteiger partial charge on any atom is -0.453 e. The Hall–Kier alpha value is -4.88. The third-order valence-corrected chi connectivity index (χ3v) is 10.1. The molecule has 0 saturated carbocycles. The minimum absolute atomic E-state index is 0.133. The number of hydrogen-bond acceptors (Lipinski definition) is 8. The Kier molecular flexibility index (Phi) is 11.1. The number of benzene rings is 1. The van der Waals surface area contributed by atoms with Crippen molar-refractivity contribution in [1.29, 1.82) is 0 Å². The summed E-state index contributed by atoms with van der Waals surface area (Å²) in [5, 5.41) is 5.42. The van der Waals surface area contributed by atoms with Crippen LogP contribution in [0.15, 0.2) is 36.7 Å². The summed E-state index contributed by atoms with van der Waals surface area (Å²) >= 11 is 0. The smallest absolute Gasteiger partial charge is 0.407 e. The quantitative estimate of drug-likeness (QED) is 0.203. The summed E-state index contributed by atoms with van der Waals surface area (Å²) in [4.78, 5) is 71.7. The highest BCUT2D eigenvalue weighted by molar-refractivity contribution is 5.87. The van der Waals surface area contributed by atoms with E-state index >= 15 is 0 Å². The summed E-state index contributed by atoms with van der Waals surface area (Å²) in [6.07, 6.45) is 3.73.